The number of alkyl halides is 3. The van der Waals surface area contributed by atoms with Crippen LogP contribution in [0.3, 0.4) is 0 Å². The molecular weight excluding hydrogens is 259 g/mol. The maximum Gasteiger partial charge on any atom is 0.401 e. The van der Waals surface area contributed by atoms with Crippen molar-refractivity contribution in [2.75, 3.05) is 13.1 Å². The van der Waals surface area contributed by atoms with Gasteiger partial charge in [-0.3, -0.25) is 9.69 Å². The van der Waals surface area contributed by atoms with Crippen LogP contribution >= 0.6 is 0 Å². The van der Waals surface area contributed by atoms with E-state index in [1.54, 1.807) is 12.1 Å². The fourth-order valence-corrected chi connectivity index (χ4v) is 2.59. The van der Waals surface area contributed by atoms with Crippen LogP contribution in [-0.2, 0) is 11.2 Å². The molecule has 1 aliphatic carbocycles. The molecule has 0 aliphatic heterocycles. The van der Waals surface area contributed by atoms with Crippen LogP contribution in [0.15, 0.2) is 24.3 Å². The molecule has 3 nitrogen and oxygen atoms in total. The van der Waals surface area contributed by atoms with Gasteiger partial charge in [0.15, 0.2) is 0 Å². The Balaban J connectivity index is 2.22. The minimum atomic E-state index is -4.40. The Kier molecular flexibility index (Phi) is 3.80. The Morgan fingerprint density at radius 3 is 2.68 bits per heavy atom. The lowest BCUT2D eigenvalue weighted by Gasteiger charge is -2.28. The van der Waals surface area contributed by atoms with Crippen LogP contribution in [0, 0.1) is 0 Å². The zero-order valence-electron chi connectivity index (χ0n) is 10.2. The normalized spacial score (nSPS) is 18.6. The average molecular weight is 273 g/mol. The molecular formula is C13H14F3NO2. The zero-order valence-corrected chi connectivity index (χ0v) is 10.2. The first-order valence-electron chi connectivity index (χ1n) is 5.97. The van der Waals surface area contributed by atoms with Crippen molar-refractivity contribution in [2.24, 2.45) is 0 Å². The van der Waals surface area contributed by atoms with Gasteiger partial charge in [0.1, 0.15) is 0 Å². The lowest BCUT2D eigenvalue weighted by Crippen LogP contribution is -2.39. The maximum atomic E-state index is 12.6. The zero-order chi connectivity index (χ0) is 14.0. The molecule has 19 heavy (non-hydrogen) atoms. The van der Waals surface area contributed by atoms with Crippen LogP contribution < -0.4 is 0 Å². The van der Waals surface area contributed by atoms with Gasteiger partial charge in [0, 0.05) is 6.04 Å². The van der Waals surface area contributed by atoms with Crippen molar-refractivity contribution in [2.45, 2.75) is 25.1 Å². The Bertz CT molecular complexity index is 473. The van der Waals surface area contributed by atoms with E-state index in [-0.39, 0.29) is 0 Å². The number of hydrogen-bond acceptors (Lipinski definition) is 2. The van der Waals surface area contributed by atoms with Gasteiger partial charge in [0.05, 0.1) is 13.1 Å². The van der Waals surface area contributed by atoms with Crippen molar-refractivity contribution in [3.8, 4) is 0 Å². The summed E-state index contributed by atoms with van der Waals surface area (Å²) in [5, 5.41) is 8.78. The van der Waals surface area contributed by atoms with Gasteiger partial charge in [-0.25, -0.2) is 0 Å². The van der Waals surface area contributed by atoms with Crippen LogP contribution in [0.2, 0.25) is 0 Å². The van der Waals surface area contributed by atoms with Crippen molar-refractivity contribution in [3.63, 3.8) is 0 Å². The van der Waals surface area contributed by atoms with E-state index in [0.29, 0.717) is 12.8 Å². The summed E-state index contributed by atoms with van der Waals surface area (Å²) in [5.41, 5.74) is 1.82. The number of aliphatic carboxylic acids is 1. The van der Waals surface area contributed by atoms with E-state index >= 15 is 0 Å². The van der Waals surface area contributed by atoms with E-state index in [2.05, 4.69) is 0 Å². The molecule has 0 bridgehead atoms. The van der Waals surface area contributed by atoms with Crippen LogP contribution in [-0.4, -0.2) is 35.2 Å². The molecule has 1 unspecified atom stereocenters. The van der Waals surface area contributed by atoms with Gasteiger partial charge in [-0.05, 0) is 24.0 Å². The molecule has 0 amide bonds. The Hall–Kier alpha value is -1.56. The van der Waals surface area contributed by atoms with Gasteiger partial charge in [0.2, 0.25) is 0 Å². The predicted octanol–water partition coefficient (Wildman–Crippen LogP) is 2.62. The van der Waals surface area contributed by atoms with Crippen molar-refractivity contribution < 1.29 is 23.1 Å². The monoisotopic (exact) mass is 273 g/mol. The number of benzene rings is 1. The number of halogens is 3. The Morgan fingerprint density at radius 2 is 2.05 bits per heavy atom. The molecule has 6 heteroatoms. The molecule has 104 valence electrons. The quantitative estimate of drug-likeness (QED) is 0.916. The van der Waals surface area contributed by atoms with E-state index in [9.17, 15) is 18.0 Å². The van der Waals surface area contributed by atoms with Crippen molar-refractivity contribution in [1.29, 1.82) is 0 Å². The molecule has 0 saturated carbocycles. The minimum Gasteiger partial charge on any atom is -0.480 e. The first kappa shape index (κ1) is 13.9. The molecule has 1 aliphatic rings. The van der Waals surface area contributed by atoms with Gasteiger partial charge in [-0.1, -0.05) is 24.3 Å². The summed E-state index contributed by atoms with van der Waals surface area (Å²) in [7, 11) is 0. The Morgan fingerprint density at radius 1 is 1.37 bits per heavy atom. The second kappa shape index (κ2) is 5.21. The summed E-state index contributed by atoms with van der Waals surface area (Å²) in [6.07, 6.45) is -3.18. The first-order valence-corrected chi connectivity index (χ1v) is 5.97. The lowest BCUT2D eigenvalue weighted by atomic mass is 10.1. The highest BCUT2D eigenvalue weighted by molar-refractivity contribution is 5.69. The van der Waals surface area contributed by atoms with Crippen LogP contribution in [0.5, 0.6) is 0 Å². The lowest BCUT2D eigenvalue weighted by molar-refractivity contribution is -0.158. The van der Waals surface area contributed by atoms with Gasteiger partial charge < -0.3 is 5.11 Å². The number of hydrogen-bond donors (Lipinski definition) is 1. The van der Waals surface area contributed by atoms with E-state index in [1.807, 2.05) is 12.1 Å². The molecule has 0 heterocycles. The highest BCUT2D eigenvalue weighted by atomic mass is 19.4. The highest BCUT2D eigenvalue weighted by Crippen LogP contribution is 2.36. The largest absolute Gasteiger partial charge is 0.480 e. The number of rotatable bonds is 4. The molecule has 1 N–H and O–H groups in total. The fraction of sp³-hybridized carbons (Fsp3) is 0.462. The molecule has 0 spiro atoms. The predicted molar refractivity (Wildman–Crippen MR) is 62.8 cm³/mol. The highest BCUT2D eigenvalue weighted by Gasteiger charge is 2.37. The van der Waals surface area contributed by atoms with E-state index in [4.69, 9.17) is 5.11 Å². The Labute approximate surface area is 108 Å². The molecule has 0 saturated heterocycles. The summed E-state index contributed by atoms with van der Waals surface area (Å²) in [5.74, 6) is -1.24. The second-order valence-corrected chi connectivity index (χ2v) is 4.67. The summed E-state index contributed by atoms with van der Waals surface area (Å²) in [6, 6.07) is 6.80. The molecule has 1 aromatic carbocycles. The maximum absolute atomic E-state index is 12.6. The molecule has 1 aromatic rings. The van der Waals surface area contributed by atoms with Crippen molar-refractivity contribution in [1.82, 2.24) is 4.90 Å². The van der Waals surface area contributed by atoms with Crippen LogP contribution in [0.1, 0.15) is 23.6 Å². The standard InChI is InChI=1S/C13H14F3NO2/c14-13(15,16)8-17(7-12(18)19)11-6-5-9-3-1-2-4-10(9)11/h1-4,11H,5-8H2,(H,18,19). The minimum absolute atomic E-state index is 0.464. The second-order valence-electron chi connectivity index (χ2n) is 4.67. The summed E-state index contributed by atoms with van der Waals surface area (Å²) in [4.78, 5) is 11.7. The topological polar surface area (TPSA) is 40.5 Å². The van der Waals surface area contributed by atoms with E-state index in [0.717, 1.165) is 16.0 Å². The van der Waals surface area contributed by atoms with Crippen LogP contribution in [0.25, 0.3) is 0 Å². The van der Waals surface area contributed by atoms with Gasteiger partial charge in [-0.15, -0.1) is 0 Å². The third kappa shape index (κ3) is 3.47. The third-order valence-electron chi connectivity index (χ3n) is 3.26. The number of carboxylic acids is 1. The van der Waals surface area contributed by atoms with Gasteiger partial charge in [0.25, 0.3) is 0 Å². The van der Waals surface area contributed by atoms with Gasteiger partial charge in [-0.2, -0.15) is 13.2 Å². The summed E-state index contributed by atoms with van der Waals surface area (Å²) < 4.78 is 37.7. The number of aryl methyl sites for hydroxylation is 1. The van der Waals surface area contributed by atoms with Crippen molar-refractivity contribution in [3.05, 3.63) is 35.4 Å². The first-order chi connectivity index (χ1) is 8.87. The van der Waals surface area contributed by atoms with Gasteiger partial charge >= 0.3 is 12.1 Å². The molecule has 2 rings (SSSR count). The van der Waals surface area contributed by atoms with Crippen LogP contribution in [0.4, 0.5) is 13.2 Å². The van der Waals surface area contributed by atoms with E-state index < -0.39 is 31.3 Å². The molecule has 0 aromatic heterocycles. The number of carboxylic acid groups (broad SMARTS) is 1. The number of fused-ring (bicyclic) bond motifs is 1. The van der Waals surface area contributed by atoms with E-state index in [1.165, 1.54) is 0 Å². The molecule has 0 fully saturated rings. The average Bonchev–Trinajstić information content (AvgIpc) is 2.69. The number of nitrogens with zero attached hydrogens (tertiary/aromatic N) is 1. The molecule has 1 atom stereocenters. The number of carbonyl (C=O) groups is 1. The SMILES string of the molecule is O=C(O)CN(CC(F)(F)F)C1CCc2ccccc21. The summed E-state index contributed by atoms with van der Waals surface area (Å²) in [6.45, 7) is -1.79. The van der Waals surface area contributed by atoms with Crippen molar-refractivity contribution >= 4 is 5.97 Å². The smallest absolute Gasteiger partial charge is 0.401 e. The fourth-order valence-electron chi connectivity index (χ4n) is 2.59. The summed E-state index contributed by atoms with van der Waals surface area (Å²) >= 11 is 0. The molecule has 0 radical (unpaired) electrons. The third-order valence-corrected chi connectivity index (χ3v) is 3.26.